The average Bonchev–Trinajstić information content (AvgIpc) is 2.12. The first kappa shape index (κ1) is 15.5. The van der Waals surface area contributed by atoms with E-state index in [-0.39, 0.29) is 11.9 Å². The Morgan fingerprint density at radius 1 is 1.39 bits per heavy atom. The minimum Gasteiger partial charge on any atom is -0.341 e. The van der Waals surface area contributed by atoms with Crippen LogP contribution in [0.25, 0.3) is 0 Å². The van der Waals surface area contributed by atoms with Gasteiger partial charge in [0.05, 0.1) is 0 Å². The van der Waals surface area contributed by atoms with Crippen molar-refractivity contribution in [3.05, 3.63) is 0 Å². The SMILES string of the molecule is CC1CC(N)CN(C(=O)CC(C)CC(C)(C)C)C1. The number of nitrogens with zero attached hydrogens (tertiary/aromatic N) is 1. The van der Waals surface area contributed by atoms with E-state index in [1.54, 1.807) is 0 Å². The predicted octanol–water partition coefficient (Wildman–Crippen LogP) is 2.64. The van der Waals surface area contributed by atoms with Crippen LogP contribution in [-0.4, -0.2) is 29.9 Å². The fourth-order valence-electron chi connectivity index (χ4n) is 3.15. The standard InChI is InChI=1S/C15H30N2O/c1-11(8-15(3,4)5)7-14(18)17-9-12(2)6-13(16)10-17/h11-13H,6-10,16H2,1-5H3. The Morgan fingerprint density at radius 3 is 2.50 bits per heavy atom. The van der Waals surface area contributed by atoms with E-state index in [2.05, 4.69) is 34.6 Å². The molecular formula is C15H30N2O. The van der Waals surface area contributed by atoms with Gasteiger partial charge in [-0.1, -0.05) is 34.6 Å². The normalized spacial score (nSPS) is 27.1. The van der Waals surface area contributed by atoms with Crippen molar-refractivity contribution in [2.24, 2.45) is 23.0 Å². The van der Waals surface area contributed by atoms with Crippen LogP contribution >= 0.6 is 0 Å². The molecule has 0 aromatic carbocycles. The minimum absolute atomic E-state index is 0.163. The minimum atomic E-state index is 0.163. The van der Waals surface area contributed by atoms with Crippen molar-refractivity contribution < 1.29 is 4.79 Å². The highest BCUT2D eigenvalue weighted by Crippen LogP contribution is 2.27. The Labute approximate surface area is 112 Å². The van der Waals surface area contributed by atoms with Crippen LogP contribution in [0.4, 0.5) is 0 Å². The number of rotatable bonds is 3. The number of hydrogen-bond acceptors (Lipinski definition) is 2. The number of hydrogen-bond donors (Lipinski definition) is 1. The van der Waals surface area contributed by atoms with Gasteiger partial charge in [0.2, 0.25) is 5.91 Å². The molecule has 18 heavy (non-hydrogen) atoms. The lowest BCUT2D eigenvalue weighted by Gasteiger charge is -2.35. The molecule has 0 bridgehead atoms. The Bertz CT molecular complexity index is 273. The third-order valence-corrected chi connectivity index (χ3v) is 3.53. The van der Waals surface area contributed by atoms with Crippen LogP contribution in [0.15, 0.2) is 0 Å². The summed E-state index contributed by atoms with van der Waals surface area (Å²) < 4.78 is 0. The van der Waals surface area contributed by atoms with Gasteiger partial charge in [-0.25, -0.2) is 0 Å². The molecule has 1 saturated heterocycles. The molecule has 3 unspecified atom stereocenters. The van der Waals surface area contributed by atoms with Crippen LogP contribution in [0, 0.1) is 17.3 Å². The van der Waals surface area contributed by atoms with Gasteiger partial charge in [0.15, 0.2) is 0 Å². The number of carbonyl (C=O) groups is 1. The highest BCUT2D eigenvalue weighted by molar-refractivity contribution is 5.76. The van der Waals surface area contributed by atoms with Gasteiger partial charge in [-0.3, -0.25) is 4.79 Å². The molecule has 0 spiro atoms. The molecule has 0 aromatic heterocycles. The maximum Gasteiger partial charge on any atom is 0.222 e. The average molecular weight is 254 g/mol. The van der Waals surface area contributed by atoms with E-state index in [1.807, 2.05) is 4.90 Å². The lowest BCUT2D eigenvalue weighted by atomic mass is 9.84. The largest absolute Gasteiger partial charge is 0.341 e. The third-order valence-electron chi connectivity index (χ3n) is 3.53. The molecule has 1 fully saturated rings. The van der Waals surface area contributed by atoms with Crippen LogP contribution in [0.1, 0.15) is 53.9 Å². The first-order valence-electron chi connectivity index (χ1n) is 7.20. The summed E-state index contributed by atoms with van der Waals surface area (Å²) in [6.45, 7) is 12.7. The van der Waals surface area contributed by atoms with Gasteiger partial charge in [0, 0.05) is 25.6 Å². The second kappa shape index (κ2) is 6.05. The molecule has 0 aromatic rings. The summed E-state index contributed by atoms with van der Waals surface area (Å²) in [5.41, 5.74) is 6.29. The molecule has 0 saturated carbocycles. The van der Waals surface area contributed by atoms with Crippen molar-refractivity contribution in [2.45, 2.75) is 59.9 Å². The maximum atomic E-state index is 12.3. The molecule has 1 rings (SSSR count). The number of amides is 1. The van der Waals surface area contributed by atoms with Gasteiger partial charge in [-0.15, -0.1) is 0 Å². The quantitative estimate of drug-likeness (QED) is 0.841. The highest BCUT2D eigenvalue weighted by Gasteiger charge is 2.27. The van der Waals surface area contributed by atoms with Gasteiger partial charge >= 0.3 is 0 Å². The zero-order valence-corrected chi connectivity index (χ0v) is 12.7. The molecular weight excluding hydrogens is 224 g/mol. The van der Waals surface area contributed by atoms with Crippen LogP contribution in [-0.2, 0) is 4.79 Å². The molecule has 3 heteroatoms. The molecule has 0 radical (unpaired) electrons. The molecule has 1 aliphatic rings. The van der Waals surface area contributed by atoms with Crippen LogP contribution < -0.4 is 5.73 Å². The van der Waals surface area contributed by atoms with Crippen molar-refractivity contribution in [1.82, 2.24) is 4.90 Å². The fraction of sp³-hybridized carbons (Fsp3) is 0.933. The number of carbonyl (C=O) groups excluding carboxylic acids is 1. The summed E-state index contributed by atoms with van der Waals surface area (Å²) in [7, 11) is 0. The van der Waals surface area contributed by atoms with E-state index in [0.717, 1.165) is 25.9 Å². The fourth-order valence-corrected chi connectivity index (χ4v) is 3.15. The summed E-state index contributed by atoms with van der Waals surface area (Å²) in [6, 6.07) is 0.163. The lowest BCUT2D eigenvalue weighted by molar-refractivity contribution is -0.134. The van der Waals surface area contributed by atoms with Crippen molar-refractivity contribution in [3.8, 4) is 0 Å². The Kier molecular flexibility index (Phi) is 5.20. The molecule has 0 aliphatic carbocycles. The van der Waals surface area contributed by atoms with Crippen LogP contribution in [0.2, 0.25) is 0 Å². The van der Waals surface area contributed by atoms with E-state index >= 15 is 0 Å². The molecule has 3 nitrogen and oxygen atoms in total. The van der Waals surface area contributed by atoms with Crippen molar-refractivity contribution in [2.75, 3.05) is 13.1 Å². The van der Waals surface area contributed by atoms with Gasteiger partial charge in [0.25, 0.3) is 0 Å². The second-order valence-electron chi connectivity index (χ2n) is 7.47. The second-order valence-corrected chi connectivity index (χ2v) is 7.47. The highest BCUT2D eigenvalue weighted by atomic mass is 16.2. The van der Waals surface area contributed by atoms with Crippen molar-refractivity contribution in [3.63, 3.8) is 0 Å². The summed E-state index contributed by atoms with van der Waals surface area (Å²) in [4.78, 5) is 14.2. The molecule has 1 amide bonds. The summed E-state index contributed by atoms with van der Waals surface area (Å²) in [5.74, 6) is 1.27. The Morgan fingerprint density at radius 2 is 2.00 bits per heavy atom. The summed E-state index contributed by atoms with van der Waals surface area (Å²) in [5, 5.41) is 0. The van der Waals surface area contributed by atoms with E-state index in [9.17, 15) is 4.79 Å². The van der Waals surface area contributed by atoms with Crippen molar-refractivity contribution >= 4 is 5.91 Å². The van der Waals surface area contributed by atoms with E-state index < -0.39 is 0 Å². The number of nitrogens with two attached hydrogens (primary N) is 1. The van der Waals surface area contributed by atoms with E-state index in [4.69, 9.17) is 5.73 Å². The molecule has 1 heterocycles. The van der Waals surface area contributed by atoms with Gasteiger partial charge < -0.3 is 10.6 Å². The summed E-state index contributed by atoms with van der Waals surface area (Å²) in [6.07, 6.45) is 2.80. The Hall–Kier alpha value is -0.570. The van der Waals surface area contributed by atoms with Crippen LogP contribution in [0.5, 0.6) is 0 Å². The number of likely N-dealkylation sites (tertiary alicyclic amines) is 1. The first-order valence-corrected chi connectivity index (χ1v) is 7.20. The van der Waals surface area contributed by atoms with E-state index in [0.29, 0.717) is 23.7 Å². The van der Waals surface area contributed by atoms with E-state index in [1.165, 1.54) is 0 Å². The zero-order chi connectivity index (χ0) is 13.9. The predicted molar refractivity (Wildman–Crippen MR) is 76.2 cm³/mol. The molecule has 1 aliphatic heterocycles. The van der Waals surface area contributed by atoms with Gasteiger partial charge in [0.1, 0.15) is 0 Å². The molecule has 106 valence electrons. The van der Waals surface area contributed by atoms with Crippen LogP contribution in [0.3, 0.4) is 0 Å². The molecule has 3 atom stereocenters. The zero-order valence-electron chi connectivity index (χ0n) is 12.7. The third kappa shape index (κ3) is 5.38. The smallest absolute Gasteiger partial charge is 0.222 e. The lowest BCUT2D eigenvalue weighted by Crippen LogP contribution is -2.49. The first-order chi connectivity index (χ1) is 8.17. The topological polar surface area (TPSA) is 46.3 Å². The molecule has 2 N–H and O–H groups in total. The monoisotopic (exact) mass is 254 g/mol. The number of piperidine rings is 1. The van der Waals surface area contributed by atoms with Gasteiger partial charge in [-0.2, -0.15) is 0 Å². The Balaban J connectivity index is 2.45. The van der Waals surface area contributed by atoms with Gasteiger partial charge in [-0.05, 0) is 30.1 Å². The van der Waals surface area contributed by atoms with Crippen molar-refractivity contribution in [1.29, 1.82) is 0 Å². The summed E-state index contributed by atoms with van der Waals surface area (Å²) >= 11 is 0. The maximum absolute atomic E-state index is 12.3.